The van der Waals surface area contributed by atoms with Crippen LogP contribution in [0, 0.1) is 5.92 Å². The van der Waals surface area contributed by atoms with Gasteiger partial charge in [-0.25, -0.2) is 4.79 Å². The molecule has 1 heterocycles. The molecule has 2 unspecified atom stereocenters. The van der Waals surface area contributed by atoms with Crippen LogP contribution in [0.15, 0.2) is 48.5 Å². The zero-order chi connectivity index (χ0) is 24.2. The van der Waals surface area contributed by atoms with Crippen LogP contribution in [0.25, 0.3) is 11.1 Å². The highest BCUT2D eigenvalue weighted by Gasteiger charge is 2.37. The number of carbonyl (C=O) groups excluding carboxylic acids is 2. The van der Waals surface area contributed by atoms with E-state index in [0.717, 1.165) is 28.7 Å². The van der Waals surface area contributed by atoms with Crippen LogP contribution in [0.4, 0.5) is 4.79 Å². The van der Waals surface area contributed by atoms with Crippen LogP contribution in [0.5, 0.6) is 0 Å². The molecule has 7 heteroatoms. The summed E-state index contributed by atoms with van der Waals surface area (Å²) in [6, 6.07) is 15.2. The van der Waals surface area contributed by atoms with Crippen molar-refractivity contribution in [1.82, 2.24) is 10.2 Å². The van der Waals surface area contributed by atoms with Crippen molar-refractivity contribution in [2.45, 2.75) is 57.5 Å². The first kappa shape index (κ1) is 23.8. The van der Waals surface area contributed by atoms with E-state index >= 15 is 0 Å². The van der Waals surface area contributed by atoms with Crippen molar-refractivity contribution in [3.05, 3.63) is 59.7 Å². The molecule has 2 N–H and O–H groups in total. The summed E-state index contributed by atoms with van der Waals surface area (Å²) < 4.78 is 5.65. The first-order valence-electron chi connectivity index (χ1n) is 12.0. The molecule has 2 aliphatic rings. The lowest BCUT2D eigenvalue weighted by Crippen LogP contribution is -2.53. The number of benzene rings is 2. The van der Waals surface area contributed by atoms with Crippen molar-refractivity contribution in [3.63, 3.8) is 0 Å². The normalized spacial score (nSPS) is 18.6. The second kappa shape index (κ2) is 10.3. The Morgan fingerprint density at radius 1 is 1.09 bits per heavy atom. The molecule has 0 spiro atoms. The first-order chi connectivity index (χ1) is 16.4. The van der Waals surface area contributed by atoms with E-state index in [1.165, 1.54) is 0 Å². The lowest BCUT2D eigenvalue weighted by Gasteiger charge is -2.31. The molecule has 1 aliphatic heterocycles. The number of nitrogens with one attached hydrogen (secondary N) is 1. The lowest BCUT2D eigenvalue weighted by atomic mass is 9.97. The number of fused-ring (bicyclic) bond motifs is 3. The number of hydrogen-bond acceptors (Lipinski definition) is 4. The largest absolute Gasteiger partial charge is 0.481 e. The molecule has 34 heavy (non-hydrogen) atoms. The first-order valence-corrected chi connectivity index (χ1v) is 12.0. The molecule has 7 nitrogen and oxygen atoms in total. The third-order valence-electron chi connectivity index (χ3n) is 7.17. The highest BCUT2D eigenvalue weighted by atomic mass is 16.5. The smallest absolute Gasteiger partial charge is 0.407 e. The number of rotatable bonds is 8. The summed E-state index contributed by atoms with van der Waals surface area (Å²) in [5.41, 5.74) is 4.55. The van der Waals surface area contributed by atoms with Gasteiger partial charge in [-0.05, 0) is 41.0 Å². The number of alkyl carbamates (subject to hydrolysis) is 1. The summed E-state index contributed by atoms with van der Waals surface area (Å²) in [6.07, 6.45) is 1.41. The summed E-state index contributed by atoms with van der Waals surface area (Å²) >= 11 is 0. The number of aliphatic carboxylic acids is 1. The van der Waals surface area contributed by atoms with Crippen molar-refractivity contribution in [2.75, 3.05) is 13.2 Å². The van der Waals surface area contributed by atoms with Crippen LogP contribution in [0.3, 0.4) is 0 Å². The third kappa shape index (κ3) is 4.79. The molecule has 3 atom stereocenters. The zero-order valence-electron chi connectivity index (χ0n) is 19.7. The standard InChI is InChI=1S/C27H32N2O5/c1-3-17(2)25(26(32)29-14-8-9-18(29)15-24(30)31)28-27(33)34-16-23-21-12-6-4-10-19(21)20-11-5-7-13-22(20)23/h4-7,10-13,17-18,23,25H,3,8-9,14-16H2,1-2H3,(H,28,33)(H,30,31)/t17?,18?,25-/m0/s1. The Balaban J connectivity index is 1.44. The van der Waals surface area contributed by atoms with Gasteiger partial charge in [0.25, 0.3) is 0 Å². The fourth-order valence-corrected chi connectivity index (χ4v) is 5.17. The Hall–Kier alpha value is -3.35. The van der Waals surface area contributed by atoms with Crippen molar-refractivity contribution in [2.24, 2.45) is 5.92 Å². The number of carbonyl (C=O) groups is 3. The molecule has 1 saturated heterocycles. The van der Waals surface area contributed by atoms with Crippen molar-refractivity contribution in [3.8, 4) is 11.1 Å². The van der Waals surface area contributed by atoms with E-state index in [1.54, 1.807) is 4.90 Å². The van der Waals surface area contributed by atoms with Gasteiger partial charge in [-0.1, -0.05) is 68.8 Å². The van der Waals surface area contributed by atoms with E-state index in [-0.39, 0.29) is 36.8 Å². The minimum absolute atomic E-state index is 0.0607. The summed E-state index contributed by atoms with van der Waals surface area (Å²) in [6.45, 7) is 4.56. The molecular formula is C27H32N2O5. The second-order valence-corrected chi connectivity index (χ2v) is 9.26. The molecule has 0 radical (unpaired) electrons. The molecule has 1 aliphatic carbocycles. The predicted molar refractivity (Wildman–Crippen MR) is 128 cm³/mol. The number of amides is 2. The molecule has 2 aromatic rings. The molecule has 0 bridgehead atoms. The molecule has 2 amide bonds. The topological polar surface area (TPSA) is 95.9 Å². The van der Waals surface area contributed by atoms with Gasteiger partial charge in [0.15, 0.2) is 0 Å². The van der Waals surface area contributed by atoms with E-state index in [2.05, 4.69) is 29.6 Å². The lowest BCUT2D eigenvalue weighted by molar-refractivity contribution is -0.141. The number of nitrogens with zero attached hydrogens (tertiary/aromatic N) is 1. The highest BCUT2D eigenvalue weighted by molar-refractivity contribution is 5.87. The Labute approximate surface area is 200 Å². The Bertz CT molecular complexity index is 1020. The van der Waals surface area contributed by atoms with Gasteiger partial charge in [-0.15, -0.1) is 0 Å². The van der Waals surface area contributed by atoms with Gasteiger partial charge >= 0.3 is 12.1 Å². The maximum atomic E-state index is 13.3. The molecule has 0 aromatic heterocycles. The van der Waals surface area contributed by atoms with Crippen LogP contribution >= 0.6 is 0 Å². The average Bonchev–Trinajstić information content (AvgIpc) is 3.42. The Morgan fingerprint density at radius 3 is 2.29 bits per heavy atom. The van der Waals surface area contributed by atoms with Crippen LogP contribution in [0.1, 0.15) is 56.6 Å². The van der Waals surface area contributed by atoms with E-state index in [9.17, 15) is 19.5 Å². The SMILES string of the molecule is CCC(C)[C@H](NC(=O)OCC1c2ccccc2-c2ccccc21)C(=O)N1CCCC1CC(=O)O. The number of carboxylic acid groups (broad SMARTS) is 1. The minimum Gasteiger partial charge on any atom is -0.481 e. The molecular weight excluding hydrogens is 432 g/mol. The Morgan fingerprint density at radius 2 is 1.71 bits per heavy atom. The third-order valence-corrected chi connectivity index (χ3v) is 7.17. The van der Waals surface area contributed by atoms with Gasteiger partial charge in [0, 0.05) is 18.5 Å². The van der Waals surface area contributed by atoms with Gasteiger partial charge in [-0.2, -0.15) is 0 Å². The monoisotopic (exact) mass is 464 g/mol. The quantitative estimate of drug-likeness (QED) is 0.604. The molecule has 2 aromatic carbocycles. The fourth-order valence-electron chi connectivity index (χ4n) is 5.17. The number of hydrogen-bond donors (Lipinski definition) is 2. The number of likely N-dealkylation sites (tertiary alicyclic amines) is 1. The summed E-state index contributed by atoms with van der Waals surface area (Å²) in [4.78, 5) is 39.0. The fraction of sp³-hybridized carbons (Fsp3) is 0.444. The number of ether oxygens (including phenoxy) is 1. The van der Waals surface area contributed by atoms with Gasteiger partial charge in [-0.3, -0.25) is 9.59 Å². The van der Waals surface area contributed by atoms with Crippen molar-refractivity contribution in [1.29, 1.82) is 0 Å². The van der Waals surface area contributed by atoms with Crippen LogP contribution in [-0.2, 0) is 14.3 Å². The van der Waals surface area contributed by atoms with Gasteiger partial charge in [0.2, 0.25) is 5.91 Å². The van der Waals surface area contributed by atoms with Gasteiger partial charge in [0.05, 0.1) is 6.42 Å². The molecule has 180 valence electrons. The average molecular weight is 465 g/mol. The van der Waals surface area contributed by atoms with E-state index in [4.69, 9.17) is 4.74 Å². The summed E-state index contributed by atoms with van der Waals surface area (Å²) in [5.74, 6) is -1.32. The van der Waals surface area contributed by atoms with E-state index in [0.29, 0.717) is 19.4 Å². The van der Waals surface area contributed by atoms with Crippen molar-refractivity contribution >= 4 is 18.0 Å². The van der Waals surface area contributed by atoms with Crippen LogP contribution < -0.4 is 5.32 Å². The maximum Gasteiger partial charge on any atom is 0.407 e. The summed E-state index contributed by atoms with van der Waals surface area (Å²) in [7, 11) is 0. The van der Waals surface area contributed by atoms with Crippen molar-refractivity contribution < 1.29 is 24.2 Å². The molecule has 1 fully saturated rings. The molecule has 0 saturated carbocycles. The number of carboxylic acids is 1. The highest BCUT2D eigenvalue weighted by Crippen LogP contribution is 2.44. The second-order valence-electron chi connectivity index (χ2n) is 9.26. The van der Waals surface area contributed by atoms with Crippen LogP contribution in [-0.4, -0.2) is 53.2 Å². The summed E-state index contributed by atoms with van der Waals surface area (Å²) in [5, 5.41) is 12.0. The minimum atomic E-state index is -0.922. The van der Waals surface area contributed by atoms with Gasteiger partial charge < -0.3 is 20.1 Å². The molecule has 4 rings (SSSR count). The van der Waals surface area contributed by atoms with E-state index in [1.807, 2.05) is 38.1 Å². The Kier molecular flexibility index (Phi) is 7.20. The maximum absolute atomic E-state index is 13.3. The van der Waals surface area contributed by atoms with E-state index < -0.39 is 18.1 Å². The predicted octanol–water partition coefficient (Wildman–Crippen LogP) is 4.41. The van der Waals surface area contributed by atoms with Crippen LogP contribution in [0.2, 0.25) is 0 Å². The zero-order valence-corrected chi connectivity index (χ0v) is 19.7. The van der Waals surface area contributed by atoms with Gasteiger partial charge in [0.1, 0.15) is 12.6 Å².